The second-order valence-corrected chi connectivity index (χ2v) is 6.26. The molecule has 0 saturated carbocycles. The average Bonchev–Trinajstić information content (AvgIpc) is 2.22. The van der Waals surface area contributed by atoms with E-state index in [-0.39, 0.29) is 22.4 Å². The summed E-state index contributed by atoms with van der Waals surface area (Å²) in [7, 11) is 0.446. The van der Waals surface area contributed by atoms with Crippen molar-refractivity contribution in [1.82, 2.24) is 9.97 Å². The first-order valence-electron chi connectivity index (χ1n) is 4.90. The quantitative estimate of drug-likeness (QED) is 0.322. The summed E-state index contributed by atoms with van der Waals surface area (Å²) in [6.07, 6.45) is 7.50. The van der Waals surface area contributed by atoms with Crippen LogP contribution in [0.2, 0.25) is 0 Å². The molecule has 0 aliphatic carbocycles. The monoisotopic (exact) mass is 426 g/mol. The summed E-state index contributed by atoms with van der Waals surface area (Å²) in [5, 5.41) is 0.405. The van der Waals surface area contributed by atoms with Crippen LogP contribution in [0.4, 0.5) is 0 Å². The van der Waals surface area contributed by atoms with Crippen LogP contribution in [0.1, 0.15) is 20.8 Å². The maximum Gasteiger partial charge on any atom is 1.00 e. The molecule has 0 fully saturated rings. The summed E-state index contributed by atoms with van der Waals surface area (Å²) in [6, 6.07) is 1.73. The van der Waals surface area contributed by atoms with Crippen molar-refractivity contribution in [1.29, 1.82) is 0 Å². The van der Waals surface area contributed by atoms with Crippen molar-refractivity contribution in [3.63, 3.8) is 0 Å². The second-order valence-electron chi connectivity index (χ2n) is 2.65. The molecule has 0 atom stereocenters. The summed E-state index contributed by atoms with van der Waals surface area (Å²) < 4.78 is 0. The van der Waals surface area contributed by atoms with E-state index in [1.165, 1.54) is 18.5 Å². The third-order valence-corrected chi connectivity index (χ3v) is 4.78. The predicted molar refractivity (Wildman–Crippen MR) is 66.2 cm³/mol. The molecule has 0 bridgehead atoms. The average molecular weight is 426 g/mol. The largest absolute Gasteiger partial charge is 1.00 e. The molecule has 2 nitrogen and oxygen atoms in total. The van der Waals surface area contributed by atoms with E-state index in [1.807, 2.05) is 0 Å². The fourth-order valence-electron chi connectivity index (χ4n) is 0.956. The first kappa shape index (κ1) is 17.9. The molecule has 5 heteroatoms. The molecule has 1 aromatic rings. The molecule has 1 aromatic heterocycles. The van der Waals surface area contributed by atoms with E-state index < -0.39 is 0 Å². The topological polar surface area (TPSA) is 25.8 Å². The number of rotatable bonds is 3. The third-order valence-electron chi connectivity index (χ3n) is 1.88. The fraction of sp³-hybridized carbons (Fsp3) is 0.600. The van der Waals surface area contributed by atoms with Gasteiger partial charge in [-0.15, -0.1) is 7.92 Å². The van der Waals surface area contributed by atoms with Crippen LogP contribution in [-0.4, -0.2) is 28.5 Å². The zero-order valence-electron chi connectivity index (χ0n) is 9.40. The SMILES string of the molecule is CCP(CC)CC.[Au+].[S-]c1ncccn1. The van der Waals surface area contributed by atoms with Gasteiger partial charge in [0.2, 0.25) is 0 Å². The first-order valence-corrected chi connectivity index (χ1v) is 7.21. The number of hydrogen-bond donors (Lipinski definition) is 0. The van der Waals surface area contributed by atoms with Gasteiger partial charge in [-0.1, -0.05) is 20.8 Å². The summed E-state index contributed by atoms with van der Waals surface area (Å²) in [4.78, 5) is 7.37. The smallest absolute Gasteiger partial charge is 0.740 e. The van der Waals surface area contributed by atoms with E-state index in [0.717, 1.165) is 0 Å². The van der Waals surface area contributed by atoms with Crippen molar-refractivity contribution in [3.05, 3.63) is 18.5 Å². The van der Waals surface area contributed by atoms with E-state index in [1.54, 1.807) is 18.5 Å². The summed E-state index contributed by atoms with van der Waals surface area (Å²) in [6.45, 7) is 6.87. The molecule has 0 radical (unpaired) electrons. The van der Waals surface area contributed by atoms with Crippen molar-refractivity contribution in [2.75, 3.05) is 18.5 Å². The van der Waals surface area contributed by atoms with Crippen LogP contribution >= 0.6 is 7.92 Å². The van der Waals surface area contributed by atoms with Crippen LogP contribution in [0.25, 0.3) is 0 Å². The molecule has 0 N–H and O–H groups in total. The molecule has 90 valence electrons. The molecule has 0 aromatic carbocycles. The Morgan fingerprint density at radius 2 is 1.47 bits per heavy atom. The molecule has 15 heavy (non-hydrogen) atoms. The Morgan fingerprint density at radius 3 is 1.60 bits per heavy atom. The van der Waals surface area contributed by atoms with Crippen molar-refractivity contribution in [2.45, 2.75) is 25.9 Å². The van der Waals surface area contributed by atoms with E-state index >= 15 is 0 Å². The van der Waals surface area contributed by atoms with Gasteiger partial charge in [0, 0.05) is 17.6 Å². The first-order chi connectivity index (χ1) is 6.74. The molecule has 0 spiro atoms. The zero-order chi connectivity index (χ0) is 10.8. The number of hydrogen-bond acceptors (Lipinski definition) is 3. The molecule has 0 aliphatic heterocycles. The fourth-order valence-corrected chi connectivity index (χ4v) is 2.42. The molecule has 0 amide bonds. The molecule has 0 unspecified atom stereocenters. The van der Waals surface area contributed by atoms with Gasteiger partial charge < -0.3 is 12.6 Å². The van der Waals surface area contributed by atoms with Crippen molar-refractivity contribution >= 4 is 20.6 Å². The Hall–Kier alpha value is 0.470. The van der Waals surface area contributed by atoms with Gasteiger partial charge in [0.25, 0.3) is 0 Å². The van der Waals surface area contributed by atoms with Gasteiger partial charge in [-0.3, -0.25) is 9.97 Å². The minimum atomic E-state index is 0. The van der Waals surface area contributed by atoms with Gasteiger partial charge in [-0.05, 0) is 24.6 Å². The van der Waals surface area contributed by atoms with E-state index in [0.29, 0.717) is 13.1 Å². The Labute approximate surface area is 115 Å². The van der Waals surface area contributed by atoms with E-state index in [2.05, 4.69) is 43.4 Å². The molecule has 0 saturated heterocycles. The van der Waals surface area contributed by atoms with Gasteiger partial charge in [0.1, 0.15) is 0 Å². The van der Waals surface area contributed by atoms with Gasteiger partial charge in [-0.25, -0.2) is 0 Å². The maximum absolute atomic E-state index is 4.59. The van der Waals surface area contributed by atoms with Crippen LogP contribution in [-0.2, 0) is 35.0 Å². The van der Waals surface area contributed by atoms with Gasteiger partial charge in [-0.2, -0.15) is 0 Å². The number of nitrogens with zero attached hydrogens (tertiary/aromatic N) is 2. The molecule has 0 aliphatic rings. The van der Waals surface area contributed by atoms with Crippen molar-refractivity contribution in [2.24, 2.45) is 0 Å². The zero-order valence-corrected chi connectivity index (χ0v) is 13.3. The number of aromatic nitrogens is 2. The molecule has 1 heterocycles. The minimum Gasteiger partial charge on any atom is -0.740 e. The van der Waals surface area contributed by atoms with Crippen molar-refractivity contribution in [3.8, 4) is 0 Å². The van der Waals surface area contributed by atoms with Gasteiger partial charge >= 0.3 is 22.4 Å². The molecular weight excluding hydrogens is 408 g/mol. The Kier molecular flexibility index (Phi) is 14.9. The van der Waals surface area contributed by atoms with E-state index in [9.17, 15) is 0 Å². The van der Waals surface area contributed by atoms with Crippen LogP contribution in [0.3, 0.4) is 0 Å². The van der Waals surface area contributed by atoms with Crippen molar-refractivity contribution < 1.29 is 22.4 Å². The van der Waals surface area contributed by atoms with E-state index in [4.69, 9.17) is 0 Å². The Bertz CT molecular complexity index is 214. The summed E-state index contributed by atoms with van der Waals surface area (Å²) >= 11 is 4.59. The second kappa shape index (κ2) is 12.5. The van der Waals surface area contributed by atoms with Crippen LogP contribution in [0, 0.1) is 0 Å². The Morgan fingerprint density at radius 1 is 1.07 bits per heavy atom. The molecular formula is C10H18AuN2PS. The van der Waals surface area contributed by atoms with Gasteiger partial charge in [0.15, 0.2) is 0 Å². The Balaban J connectivity index is 0. The standard InChI is InChI=1S/C6H15P.C4H4N2S.Au/c1-4-7(5-2)6-3;7-4-5-2-1-3-6-4;/h4-6H2,1-3H3;1-3H,(H,5,6,7);/q;;+1/p-1. The van der Waals surface area contributed by atoms with Crippen LogP contribution < -0.4 is 0 Å². The van der Waals surface area contributed by atoms with Gasteiger partial charge in [0.05, 0.1) is 0 Å². The van der Waals surface area contributed by atoms with Crippen LogP contribution in [0.5, 0.6) is 0 Å². The third kappa shape index (κ3) is 10.7. The minimum absolute atomic E-state index is 0. The van der Waals surface area contributed by atoms with Crippen LogP contribution in [0.15, 0.2) is 23.6 Å². The molecule has 1 rings (SSSR count). The normalized spacial score (nSPS) is 8.80. The maximum atomic E-state index is 4.59. The summed E-state index contributed by atoms with van der Waals surface area (Å²) in [5.74, 6) is 0. The summed E-state index contributed by atoms with van der Waals surface area (Å²) in [5.41, 5.74) is 0. The predicted octanol–water partition coefficient (Wildman–Crippen LogP) is 2.91.